The highest BCUT2D eigenvalue weighted by molar-refractivity contribution is 5.70. The van der Waals surface area contributed by atoms with Crippen molar-refractivity contribution >= 4 is 23.4 Å². The molecule has 2 rings (SSSR count). The second kappa shape index (κ2) is 7.35. The smallest absolute Gasteiger partial charge is 0.327 e. The number of hydrogen-bond acceptors (Lipinski definition) is 9. The van der Waals surface area contributed by atoms with E-state index in [1.54, 1.807) is 0 Å². The first-order chi connectivity index (χ1) is 11.8. The molecule has 0 bridgehead atoms. The molecule has 13 nitrogen and oxygen atoms in total. The molecule has 0 aromatic carbocycles. The van der Waals surface area contributed by atoms with Crippen LogP contribution >= 0.6 is 0 Å². The van der Waals surface area contributed by atoms with Crippen LogP contribution < -0.4 is 22.5 Å². The number of aliphatic hydroxyl groups excluding tert-OH is 4. The Balaban J connectivity index is 2.73. The third-order valence-corrected chi connectivity index (χ3v) is 3.41. The second-order valence-electron chi connectivity index (χ2n) is 5.08. The van der Waals surface area contributed by atoms with Gasteiger partial charge < -0.3 is 30.7 Å². The number of hydrogen-bond donors (Lipinski definition) is 7. The van der Waals surface area contributed by atoms with Crippen LogP contribution in [0, 0.1) is 0 Å². The fourth-order valence-corrected chi connectivity index (χ4v) is 2.20. The Kier molecular flexibility index (Phi) is 5.43. The number of aromatic amines is 2. The fraction of sp³-hybridized carbons (Fsp3) is 0.417. The van der Waals surface area contributed by atoms with Gasteiger partial charge in [-0.2, -0.15) is 4.99 Å². The molecule has 2 heterocycles. The Morgan fingerprint density at radius 3 is 2.52 bits per heavy atom. The summed E-state index contributed by atoms with van der Waals surface area (Å²) in [6.07, 6.45) is -4.94. The minimum Gasteiger partial charge on any atom is -0.394 e. The number of nitrogens with two attached hydrogens (primary N) is 1. The molecule has 25 heavy (non-hydrogen) atoms. The maximum atomic E-state index is 11.9. The minimum atomic E-state index is -1.76. The van der Waals surface area contributed by atoms with E-state index in [9.17, 15) is 29.7 Å². The summed E-state index contributed by atoms with van der Waals surface area (Å²) in [4.78, 5) is 45.5. The lowest BCUT2D eigenvalue weighted by Gasteiger charge is -2.23. The number of amides is 1. The lowest BCUT2D eigenvalue weighted by Crippen LogP contribution is -2.44. The van der Waals surface area contributed by atoms with Gasteiger partial charge in [0.15, 0.2) is 16.8 Å². The number of nitrogen functional groups attached to an aromatic ring is 1. The topological polar surface area (TPSA) is 220 Å². The molecule has 0 aliphatic rings. The summed E-state index contributed by atoms with van der Waals surface area (Å²) in [7, 11) is 0. The molecular weight excluding hydrogens is 340 g/mol. The summed E-state index contributed by atoms with van der Waals surface area (Å²) in [5, 5.41) is 38.0. The van der Waals surface area contributed by atoms with E-state index in [1.807, 2.05) is 4.98 Å². The summed E-state index contributed by atoms with van der Waals surface area (Å²) in [5.74, 6) is -0.346. The second-order valence-corrected chi connectivity index (χ2v) is 5.08. The predicted octanol–water partition coefficient (Wildman–Crippen LogP) is -4.87. The molecule has 0 aliphatic carbocycles. The normalized spacial score (nSPS) is 15.9. The Morgan fingerprint density at radius 1 is 1.24 bits per heavy atom. The molecule has 2 aromatic rings. The van der Waals surface area contributed by atoms with Gasteiger partial charge in [-0.3, -0.25) is 19.6 Å². The molecule has 1 amide bonds. The van der Waals surface area contributed by atoms with E-state index in [2.05, 4.69) is 15.0 Å². The van der Waals surface area contributed by atoms with Crippen LogP contribution in [0.15, 0.2) is 14.6 Å². The van der Waals surface area contributed by atoms with Crippen molar-refractivity contribution in [2.45, 2.75) is 24.9 Å². The Morgan fingerprint density at radius 2 is 1.92 bits per heavy atom. The van der Waals surface area contributed by atoms with Gasteiger partial charge in [0.05, 0.1) is 13.2 Å². The maximum Gasteiger partial charge on any atom is 0.327 e. The third kappa shape index (κ3) is 3.63. The van der Waals surface area contributed by atoms with E-state index >= 15 is 0 Å². The maximum absolute atomic E-state index is 11.9. The zero-order chi connectivity index (χ0) is 18.7. The molecule has 8 N–H and O–H groups in total. The zero-order valence-electron chi connectivity index (χ0n) is 12.7. The van der Waals surface area contributed by atoms with Crippen molar-refractivity contribution < 1.29 is 25.2 Å². The zero-order valence-corrected chi connectivity index (χ0v) is 12.7. The van der Waals surface area contributed by atoms with Gasteiger partial charge in [-0.05, 0) is 0 Å². The van der Waals surface area contributed by atoms with Crippen molar-refractivity contribution in [1.82, 2.24) is 19.5 Å². The van der Waals surface area contributed by atoms with Crippen molar-refractivity contribution in [2.24, 2.45) is 4.99 Å². The molecule has 13 heteroatoms. The van der Waals surface area contributed by atoms with Gasteiger partial charge in [-0.15, -0.1) is 0 Å². The standard InChI is InChI=1S/C12H16N6O7/c13-8-10(14-3-20)18(1-4(21)7(23)5(22)2-19)9-6(15-8)11(24)17-12(25)16-9/h3-5,7,19,21-23H,1-2H2,(H2,13,15)(H2,16,17,24,25)/t4-,5+,7-/m0/s1. The number of fused-ring (bicyclic) bond motifs is 1. The lowest BCUT2D eigenvalue weighted by molar-refractivity contribution is -0.107. The van der Waals surface area contributed by atoms with Crippen LogP contribution in [-0.2, 0) is 11.3 Å². The van der Waals surface area contributed by atoms with Crippen LogP contribution in [0.4, 0.5) is 5.82 Å². The van der Waals surface area contributed by atoms with Crippen LogP contribution in [0.2, 0.25) is 0 Å². The molecule has 0 fully saturated rings. The van der Waals surface area contributed by atoms with Crippen LogP contribution in [0.1, 0.15) is 0 Å². The van der Waals surface area contributed by atoms with Crippen molar-refractivity contribution in [3.8, 4) is 0 Å². The van der Waals surface area contributed by atoms with Gasteiger partial charge in [0, 0.05) is 0 Å². The lowest BCUT2D eigenvalue weighted by atomic mass is 10.1. The number of carbonyl (C=O) groups is 1. The van der Waals surface area contributed by atoms with Crippen LogP contribution in [-0.4, -0.2) is 71.3 Å². The highest BCUT2D eigenvalue weighted by atomic mass is 16.4. The highest BCUT2D eigenvalue weighted by Crippen LogP contribution is 2.07. The molecule has 0 saturated heterocycles. The molecular formula is C12H16N6O7. The van der Waals surface area contributed by atoms with E-state index in [4.69, 9.17) is 10.8 Å². The number of anilines is 1. The van der Waals surface area contributed by atoms with Crippen LogP contribution in [0.3, 0.4) is 0 Å². The fourth-order valence-electron chi connectivity index (χ4n) is 2.20. The van der Waals surface area contributed by atoms with E-state index in [1.165, 1.54) is 0 Å². The molecule has 0 saturated carbocycles. The molecule has 136 valence electrons. The number of H-pyrrole nitrogens is 2. The van der Waals surface area contributed by atoms with Gasteiger partial charge in [0.25, 0.3) is 5.56 Å². The molecule has 0 radical (unpaired) electrons. The Labute approximate surface area is 137 Å². The largest absolute Gasteiger partial charge is 0.394 e. The number of aromatic nitrogens is 4. The Hall–Kier alpha value is -2.87. The first-order valence-corrected chi connectivity index (χ1v) is 6.95. The Bertz CT molecular complexity index is 961. The number of aliphatic hydroxyl groups is 4. The van der Waals surface area contributed by atoms with E-state index < -0.39 is 42.7 Å². The van der Waals surface area contributed by atoms with Gasteiger partial charge in [0.1, 0.15) is 24.0 Å². The molecule has 0 spiro atoms. The van der Waals surface area contributed by atoms with Gasteiger partial charge in [0.2, 0.25) is 6.41 Å². The summed E-state index contributed by atoms with van der Waals surface area (Å²) in [6.45, 7) is -1.35. The van der Waals surface area contributed by atoms with Crippen molar-refractivity contribution in [1.29, 1.82) is 0 Å². The van der Waals surface area contributed by atoms with Crippen LogP contribution in [0.5, 0.6) is 0 Å². The first-order valence-electron chi connectivity index (χ1n) is 6.95. The van der Waals surface area contributed by atoms with Gasteiger partial charge in [-0.1, -0.05) is 0 Å². The van der Waals surface area contributed by atoms with Crippen molar-refractivity contribution in [2.75, 3.05) is 12.3 Å². The highest BCUT2D eigenvalue weighted by Gasteiger charge is 2.26. The van der Waals surface area contributed by atoms with Crippen molar-refractivity contribution in [3.05, 3.63) is 26.3 Å². The van der Waals surface area contributed by atoms with E-state index in [0.29, 0.717) is 0 Å². The average molecular weight is 356 g/mol. The predicted molar refractivity (Wildman–Crippen MR) is 82.1 cm³/mol. The molecule has 0 aliphatic heterocycles. The number of nitrogens with one attached hydrogen (secondary N) is 2. The number of nitrogens with zero attached hydrogens (tertiary/aromatic N) is 3. The molecule has 2 aromatic heterocycles. The third-order valence-electron chi connectivity index (χ3n) is 3.41. The number of carbonyl (C=O) groups excluding carboxylic acids is 1. The SMILES string of the molecule is Nc1nc2c(=O)[nH]c(=O)[nH]c2n(C[C@H](O)[C@H](O)[C@H](O)CO)c1=NC=O. The van der Waals surface area contributed by atoms with E-state index in [-0.39, 0.29) is 28.9 Å². The van der Waals surface area contributed by atoms with Crippen molar-refractivity contribution in [3.63, 3.8) is 0 Å². The van der Waals surface area contributed by atoms with E-state index in [0.717, 1.165) is 4.57 Å². The molecule has 0 unspecified atom stereocenters. The molecule has 3 atom stereocenters. The van der Waals surface area contributed by atoms with Crippen LogP contribution in [0.25, 0.3) is 11.2 Å². The summed E-state index contributed by atoms with van der Waals surface area (Å²) in [5.41, 5.74) is 3.10. The minimum absolute atomic E-state index is 0.131. The quantitative estimate of drug-likeness (QED) is 0.246. The summed E-state index contributed by atoms with van der Waals surface area (Å²) >= 11 is 0. The summed E-state index contributed by atoms with van der Waals surface area (Å²) < 4.78 is 0.987. The summed E-state index contributed by atoms with van der Waals surface area (Å²) in [6, 6.07) is 0. The average Bonchev–Trinajstić information content (AvgIpc) is 2.57. The number of rotatable bonds is 6. The van der Waals surface area contributed by atoms with Gasteiger partial charge in [-0.25, -0.2) is 9.78 Å². The first kappa shape index (κ1) is 18.5. The monoisotopic (exact) mass is 356 g/mol. The van der Waals surface area contributed by atoms with Gasteiger partial charge >= 0.3 is 5.69 Å².